The minimum Gasteiger partial charge on any atom is -0.335 e. The van der Waals surface area contributed by atoms with Gasteiger partial charge < -0.3 is 9.88 Å². The number of aryl methyl sites for hydroxylation is 2. The van der Waals surface area contributed by atoms with Crippen molar-refractivity contribution in [3.05, 3.63) is 18.2 Å². The number of nitrogens with one attached hydrogen (secondary N) is 1. The van der Waals surface area contributed by atoms with Gasteiger partial charge in [0, 0.05) is 31.4 Å². The van der Waals surface area contributed by atoms with Gasteiger partial charge in [0.25, 0.3) is 0 Å². The molecule has 0 aromatic carbocycles. The standard InChI is InChI=1S/C15H29N3/c1-4-10-16-14(6-3)8-7-9-15-17-11-13-18(15)12-5-2/h11,13-14,16H,4-10,12H2,1-3H3. The van der Waals surface area contributed by atoms with Crippen LogP contribution in [0.1, 0.15) is 58.7 Å². The molecule has 3 nitrogen and oxygen atoms in total. The molecule has 18 heavy (non-hydrogen) atoms. The maximum absolute atomic E-state index is 4.46. The summed E-state index contributed by atoms with van der Waals surface area (Å²) in [5.74, 6) is 1.25. The van der Waals surface area contributed by atoms with E-state index in [0.29, 0.717) is 6.04 Å². The fraction of sp³-hybridized carbons (Fsp3) is 0.800. The van der Waals surface area contributed by atoms with Crippen LogP contribution in [0.15, 0.2) is 12.4 Å². The average molecular weight is 251 g/mol. The molecule has 0 aliphatic rings. The maximum atomic E-state index is 4.46. The fourth-order valence-corrected chi connectivity index (χ4v) is 2.32. The van der Waals surface area contributed by atoms with Crippen molar-refractivity contribution in [2.24, 2.45) is 0 Å². The summed E-state index contributed by atoms with van der Waals surface area (Å²) in [7, 11) is 0. The molecule has 1 N–H and O–H groups in total. The van der Waals surface area contributed by atoms with Gasteiger partial charge in [0.2, 0.25) is 0 Å². The van der Waals surface area contributed by atoms with Crippen molar-refractivity contribution < 1.29 is 0 Å². The first-order chi connectivity index (χ1) is 8.81. The molecule has 0 radical (unpaired) electrons. The average Bonchev–Trinajstić information content (AvgIpc) is 2.81. The summed E-state index contributed by atoms with van der Waals surface area (Å²) in [6, 6.07) is 0.680. The number of imidazole rings is 1. The third-order valence-electron chi connectivity index (χ3n) is 3.39. The van der Waals surface area contributed by atoms with Crippen LogP contribution in [-0.4, -0.2) is 22.1 Å². The van der Waals surface area contributed by atoms with Gasteiger partial charge >= 0.3 is 0 Å². The summed E-state index contributed by atoms with van der Waals surface area (Å²) >= 11 is 0. The molecule has 1 aromatic heterocycles. The summed E-state index contributed by atoms with van der Waals surface area (Å²) in [5, 5.41) is 3.61. The van der Waals surface area contributed by atoms with Gasteiger partial charge in [-0.2, -0.15) is 0 Å². The largest absolute Gasteiger partial charge is 0.335 e. The van der Waals surface area contributed by atoms with Gasteiger partial charge in [-0.05, 0) is 38.6 Å². The lowest BCUT2D eigenvalue weighted by molar-refractivity contribution is 0.451. The first kappa shape index (κ1) is 15.2. The molecule has 0 saturated carbocycles. The topological polar surface area (TPSA) is 29.9 Å². The van der Waals surface area contributed by atoms with E-state index in [1.54, 1.807) is 0 Å². The fourth-order valence-electron chi connectivity index (χ4n) is 2.32. The Morgan fingerprint density at radius 2 is 2.11 bits per heavy atom. The van der Waals surface area contributed by atoms with Gasteiger partial charge in [-0.15, -0.1) is 0 Å². The quantitative estimate of drug-likeness (QED) is 0.691. The van der Waals surface area contributed by atoms with Gasteiger partial charge in [0.15, 0.2) is 0 Å². The monoisotopic (exact) mass is 251 g/mol. The van der Waals surface area contributed by atoms with Crippen molar-refractivity contribution >= 4 is 0 Å². The van der Waals surface area contributed by atoms with E-state index >= 15 is 0 Å². The normalized spacial score (nSPS) is 12.8. The Morgan fingerprint density at radius 3 is 2.78 bits per heavy atom. The number of nitrogens with zero attached hydrogens (tertiary/aromatic N) is 2. The Bertz CT molecular complexity index is 306. The van der Waals surface area contributed by atoms with E-state index in [-0.39, 0.29) is 0 Å². The third-order valence-corrected chi connectivity index (χ3v) is 3.39. The van der Waals surface area contributed by atoms with E-state index < -0.39 is 0 Å². The molecule has 0 fully saturated rings. The van der Waals surface area contributed by atoms with E-state index in [4.69, 9.17) is 0 Å². The molecule has 1 rings (SSSR count). The van der Waals surface area contributed by atoms with E-state index in [1.807, 2.05) is 6.20 Å². The molecule has 1 aromatic rings. The Balaban J connectivity index is 2.28. The SMILES string of the molecule is CCCNC(CC)CCCc1nccn1CCC. The summed E-state index contributed by atoms with van der Waals surface area (Å²) in [6.45, 7) is 8.95. The molecule has 0 bridgehead atoms. The van der Waals surface area contributed by atoms with Crippen LogP contribution < -0.4 is 5.32 Å². The third kappa shape index (κ3) is 5.21. The second kappa shape index (κ2) is 9.15. The van der Waals surface area contributed by atoms with Gasteiger partial charge in [-0.25, -0.2) is 4.98 Å². The zero-order valence-corrected chi connectivity index (χ0v) is 12.3. The van der Waals surface area contributed by atoms with Gasteiger partial charge in [-0.3, -0.25) is 0 Å². The van der Waals surface area contributed by atoms with Crippen LogP contribution in [0.25, 0.3) is 0 Å². The van der Waals surface area contributed by atoms with Gasteiger partial charge in [0.1, 0.15) is 5.82 Å². The first-order valence-corrected chi connectivity index (χ1v) is 7.55. The minimum atomic E-state index is 0.680. The van der Waals surface area contributed by atoms with Gasteiger partial charge in [0.05, 0.1) is 0 Å². The lowest BCUT2D eigenvalue weighted by atomic mass is 10.1. The Kier molecular flexibility index (Phi) is 7.74. The second-order valence-electron chi connectivity index (χ2n) is 4.99. The van der Waals surface area contributed by atoms with Crippen molar-refractivity contribution in [3.8, 4) is 0 Å². The molecule has 0 aliphatic heterocycles. The number of hydrogen-bond donors (Lipinski definition) is 1. The molecule has 0 saturated heterocycles. The minimum absolute atomic E-state index is 0.680. The molecule has 1 unspecified atom stereocenters. The molecule has 0 spiro atoms. The van der Waals surface area contributed by atoms with E-state index in [1.165, 1.54) is 37.9 Å². The van der Waals surface area contributed by atoms with E-state index in [0.717, 1.165) is 19.5 Å². The van der Waals surface area contributed by atoms with Crippen molar-refractivity contribution in [1.29, 1.82) is 0 Å². The molecule has 0 aliphatic carbocycles. The highest BCUT2D eigenvalue weighted by atomic mass is 15.1. The zero-order chi connectivity index (χ0) is 13.2. The van der Waals surface area contributed by atoms with Crippen molar-refractivity contribution in [2.45, 2.75) is 71.9 Å². The van der Waals surface area contributed by atoms with Crippen molar-refractivity contribution in [3.63, 3.8) is 0 Å². The van der Waals surface area contributed by atoms with Gasteiger partial charge in [-0.1, -0.05) is 20.8 Å². The Labute approximate surface area is 112 Å². The Hall–Kier alpha value is -0.830. The molecule has 0 amide bonds. The molecule has 104 valence electrons. The number of hydrogen-bond acceptors (Lipinski definition) is 2. The summed E-state index contributed by atoms with van der Waals surface area (Å²) in [5.41, 5.74) is 0. The van der Waals surface area contributed by atoms with Crippen LogP contribution in [0.5, 0.6) is 0 Å². The summed E-state index contributed by atoms with van der Waals surface area (Å²) in [4.78, 5) is 4.46. The first-order valence-electron chi connectivity index (χ1n) is 7.55. The maximum Gasteiger partial charge on any atom is 0.108 e. The predicted octanol–water partition coefficient (Wildman–Crippen LogP) is 3.39. The number of aromatic nitrogens is 2. The highest BCUT2D eigenvalue weighted by Crippen LogP contribution is 2.08. The van der Waals surface area contributed by atoms with Crippen LogP contribution >= 0.6 is 0 Å². The van der Waals surface area contributed by atoms with Crippen LogP contribution in [-0.2, 0) is 13.0 Å². The second-order valence-corrected chi connectivity index (χ2v) is 4.99. The Morgan fingerprint density at radius 1 is 1.28 bits per heavy atom. The summed E-state index contributed by atoms with van der Waals surface area (Å²) < 4.78 is 2.29. The highest BCUT2D eigenvalue weighted by Gasteiger charge is 2.06. The molecule has 1 atom stereocenters. The molecule has 1 heterocycles. The zero-order valence-electron chi connectivity index (χ0n) is 12.3. The number of rotatable bonds is 10. The molecular formula is C15H29N3. The van der Waals surface area contributed by atoms with Crippen LogP contribution in [0, 0.1) is 0 Å². The van der Waals surface area contributed by atoms with Crippen molar-refractivity contribution in [2.75, 3.05) is 6.54 Å². The van der Waals surface area contributed by atoms with Crippen molar-refractivity contribution in [1.82, 2.24) is 14.9 Å². The van der Waals surface area contributed by atoms with Crippen LogP contribution in [0.3, 0.4) is 0 Å². The predicted molar refractivity (Wildman–Crippen MR) is 77.8 cm³/mol. The lowest BCUT2D eigenvalue weighted by Gasteiger charge is -2.16. The lowest BCUT2D eigenvalue weighted by Crippen LogP contribution is -2.29. The smallest absolute Gasteiger partial charge is 0.108 e. The molecule has 3 heteroatoms. The van der Waals surface area contributed by atoms with E-state index in [9.17, 15) is 0 Å². The summed E-state index contributed by atoms with van der Waals surface area (Å²) in [6.07, 6.45) is 11.3. The highest BCUT2D eigenvalue weighted by molar-refractivity contribution is 4.92. The van der Waals surface area contributed by atoms with E-state index in [2.05, 4.69) is 41.8 Å². The molecular weight excluding hydrogens is 222 g/mol. The van der Waals surface area contributed by atoms with Crippen LogP contribution in [0.4, 0.5) is 0 Å². The van der Waals surface area contributed by atoms with Crippen LogP contribution in [0.2, 0.25) is 0 Å².